The van der Waals surface area contributed by atoms with E-state index in [4.69, 9.17) is 11.6 Å². The van der Waals surface area contributed by atoms with Gasteiger partial charge in [0.05, 0.1) is 16.0 Å². The highest BCUT2D eigenvalue weighted by molar-refractivity contribution is 6.34. The lowest BCUT2D eigenvalue weighted by molar-refractivity contribution is -0.150. The Kier molecular flexibility index (Phi) is 4.28. The molecule has 0 saturated carbocycles. The molecule has 1 atom stereocenters. The van der Waals surface area contributed by atoms with E-state index in [1.807, 2.05) is 13.8 Å². The normalized spacial score (nSPS) is 22.2. The van der Waals surface area contributed by atoms with Crippen molar-refractivity contribution in [1.29, 1.82) is 0 Å². The zero-order chi connectivity index (χ0) is 15.8. The van der Waals surface area contributed by atoms with Crippen molar-refractivity contribution in [2.75, 3.05) is 13.1 Å². The van der Waals surface area contributed by atoms with E-state index in [1.165, 1.54) is 0 Å². The van der Waals surface area contributed by atoms with Crippen molar-refractivity contribution in [3.05, 3.63) is 33.8 Å². The van der Waals surface area contributed by atoms with E-state index in [9.17, 15) is 14.7 Å². The molecule has 1 aliphatic heterocycles. The first-order chi connectivity index (χ1) is 9.74. The number of nitrogens with zero attached hydrogens (tertiary/aromatic N) is 1. The number of carbonyl (C=O) groups excluding carboxylic acids is 1. The molecule has 0 aliphatic carbocycles. The van der Waals surface area contributed by atoms with Gasteiger partial charge in [0.15, 0.2) is 0 Å². The number of rotatable bonds is 2. The number of piperidine rings is 1. The number of benzene rings is 1. The van der Waals surface area contributed by atoms with Gasteiger partial charge in [0.2, 0.25) is 0 Å². The minimum absolute atomic E-state index is 0.185. The van der Waals surface area contributed by atoms with Crippen LogP contribution in [0.3, 0.4) is 0 Å². The van der Waals surface area contributed by atoms with Gasteiger partial charge >= 0.3 is 5.97 Å². The standard InChI is InChI=1S/C16H20ClNO3/c1-10-7-12(13(17)8-11(10)2)14(19)18-6-4-5-16(3,9-18)15(20)21/h7-8H,4-6,9H2,1-3H3,(H,20,21). The van der Waals surface area contributed by atoms with Crippen LogP contribution in [0, 0.1) is 19.3 Å². The van der Waals surface area contributed by atoms with Crippen LogP contribution in [0.4, 0.5) is 0 Å². The van der Waals surface area contributed by atoms with E-state index in [0.29, 0.717) is 30.0 Å². The topological polar surface area (TPSA) is 57.6 Å². The van der Waals surface area contributed by atoms with Crippen molar-refractivity contribution in [2.24, 2.45) is 5.41 Å². The molecule has 4 nitrogen and oxygen atoms in total. The summed E-state index contributed by atoms with van der Waals surface area (Å²) in [6.45, 7) is 6.37. The minimum atomic E-state index is -0.875. The van der Waals surface area contributed by atoms with Crippen molar-refractivity contribution in [1.82, 2.24) is 4.90 Å². The lowest BCUT2D eigenvalue weighted by atomic mass is 9.82. The van der Waals surface area contributed by atoms with Crippen molar-refractivity contribution in [3.63, 3.8) is 0 Å². The summed E-state index contributed by atoms with van der Waals surface area (Å²) in [5.41, 5.74) is 1.61. The molecule has 0 bridgehead atoms. The largest absolute Gasteiger partial charge is 0.481 e. The number of aryl methyl sites for hydroxylation is 2. The van der Waals surface area contributed by atoms with Crippen LogP contribution < -0.4 is 0 Å². The second-order valence-electron chi connectivity index (χ2n) is 6.11. The summed E-state index contributed by atoms with van der Waals surface area (Å²) in [5.74, 6) is -1.04. The molecule has 1 saturated heterocycles. The maximum absolute atomic E-state index is 12.6. The fraction of sp³-hybridized carbons (Fsp3) is 0.500. The van der Waals surface area contributed by atoms with Crippen LogP contribution in [0.5, 0.6) is 0 Å². The molecule has 5 heteroatoms. The smallest absolute Gasteiger partial charge is 0.311 e. The summed E-state index contributed by atoms with van der Waals surface area (Å²) >= 11 is 6.19. The Bertz CT molecular complexity index is 599. The summed E-state index contributed by atoms with van der Waals surface area (Å²) < 4.78 is 0. The maximum Gasteiger partial charge on any atom is 0.311 e. The highest BCUT2D eigenvalue weighted by Crippen LogP contribution is 2.31. The molecule has 0 aromatic heterocycles. The van der Waals surface area contributed by atoms with Crippen molar-refractivity contribution in [2.45, 2.75) is 33.6 Å². The maximum atomic E-state index is 12.6. The predicted molar refractivity (Wildman–Crippen MR) is 81.8 cm³/mol. The lowest BCUT2D eigenvalue weighted by Crippen LogP contribution is -2.48. The quantitative estimate of drug-likeness (QED) is 0.912. The Morgan fingerprint density at radius 3 is 2.52 bits per heavy atom. The zero-order valence-electron chi connectivity index (χ0n) is 12.6. The number of aliphatic carboxylic acids is 1. The Morgan fingerprint density at radius 1 is 1.29 bits per heavy atom. The first-order valence-corrected chi connectivity index (χ1v) is 7.42. The van der Waals surface area contributed by atoms with Gasteiger partial charge in [-0.05, 0) is 56.9 Å². The van der Waals surface area contributed by atoms with E-state index in [1.54, 1.807) is 24.0 Å². The summed E-state index contributed by atoms with van der Waals surface area (Å²) in [4.78, 5) is 25.6. The summed E-state index contributed by atoms with van der Waals surface area (Å²) in [6, 6.07) is 3.57. The molecule has 1 aliphatic rings. The van der Waals surface area contributed by atoms with Crippen molar-refractivity contribution < 1.29 is 14.7 Å². The van der Waals surface area contributed by atoms with Crippen LogP contribution >= 0.6 is 11.6 Å². The third kappa shape index (κ3) is 3.05. The number of hydrogen-bond acceptors (Lipinski definition) is 2. The first kappa shape index (κ1) is 15.8. The Morgan fingerprint density at radius 2 is 1.90 bits per heavy atom. The van der Waals surface area contributed by atoms with Crippen molar-refractivity contribution in [3.8, 4) is 0 Å². The highest BCUT2D eigenvalue weighted by Gasteiger charge is 2.39. The molecule has 0 radical (unpaired) electrons. The SMILES string of the molecule is Cc1cc(Cl)c(C(=O)N2CCCC(C)(C(=O)O)C2)cc1C. The molecule has 1 aromatic rings. The van der Waals surface area contributed by atoms with Crippen molar-refractivity contribution >= 4 is 23.5 Å². The van der Waals surface area contributed by atoms with E-state index in [2.05, 4.69) is 0 Å². The summed E-state index contributed by atoms with van der Waals surface area (Å²) in [5, 5.41) is 9.76. The molecule has 2 rings (SSSR count). The summed E-state index contributed by atoms with van der Waals surface area (Å²) in [7, 11) is 0. The fourth-order valence-corrected chi connectivity index (χ4v) is 3.00. The molecule has 21 heavy (non-hydrogen) atoms. The molecule has 1 amide bonds. The predicted octanol–water partition coefficient (Wildman–Crippen LogP) is 3.28. The zero-order valence-corrected chi connectivity index (χ0v) is 13.3. The molecular weight excluding hydrogens is 290 g/mol. The molecule has 1 unspecified atom stereocenters. The number of halogens is 1. The Balaban J connectivity index is 2.28. The van der Waals surface area contributed by atoms with Crippen LogP contribution in [-0.4, -0.2) is 35.0 Å². The van der Waals surface area contributed by atoms with Crippen LogP contribution in [0.2, 0.25) is 5.02 Å². The minimum Gasteiger partial charge on any atom is -0.481 e. The molecule has 114 valence electrons. The van der Waals surface area contributed by atoms with E-state index < -0.39 is 11.4 Å². The number of carbonyl (C=O) groups is 2. The van der Waals surface area contributed by atoms with E-state index >= 15 is 0 Å². The fourth-order valence-electron chi connectivity index (χ4n) is 2.70. The number of likely N-dealkylation sites (tertiary alicyclic amines) is 1. The lowest BCUT2D eigenvalue weighted by Gasteiger charge is -2.37. The number of carboxylic acids is 1. The van der Waals surface area contributed by atoms with Gasteiger partial charge in [-0.2, -0.15) is 0 Å². The molecule has 1 fully saturated rings. The third-order valence-electron chi connectivity index (χ3n) is 4.31. The monoisotopic (exact) mass is 309 g/mol. The van der Waals surface area contributed by atoms with Gasteiger partial charge in [-0.25, -0.2) is 0 Å². The molecule has 0 spiro atoms. The van der Waals surface area contributed by atoms with Crippen LogP contribution in [-0.2, 0) is 4.79 Å². The average Bonchev–Trinajstić information content (AvgIpc) is 2.42. The number of amides is 1. The molecule has 1 heterocycles. The molecule has 1 aromatic carbocycles. The highest BCUT2D eigenvalue weighted by atomic mass is 35.5. The van der Waals surface area contributed by atoms with Crippen LogP contribution in [0.15, 0.2) is 12.1 Å². The van der Waals surface area contributed by atoms with Gasteiger partial charge in [0, 0.05) is 13.1 Å². The Labute approximate surface area is 129 Å². The second-order valence-corrected chi connectivity index (χ2v) is 6.52. The Hall–Kier alpha value is -1.55. The van der Waals surface area contributed by atoms with E-state index in [0.717, 1.165) is 11.1 Å². The molecule has 1 N–H and O–H groups in total. The second kappa shape index (κ2) is 5.68. The van der Waals surface area contributed by atoms with Crippen LogP contribution in [0.25, 0.3) is 0 Å². The van der Waals surface area contributed by atoms with Gasteiger partial charge in [-0.3, -0.25) is 9.59 Å². The van der Waals surface area contributed by atoms with Gasteiger partial charge in [0.1, 0.15) is 0 Å². The number of carboxylic acid groups (broad SMARTS) is 1. The van der Waals surface area contributed by atoms with Gasteiger partial charge in [0.25, 0.3) is 5.91 Å². The van der Waals surface area contributed by atoms with Gasteiger partial charge < -0.3 is 10.0 Å². The number of hydrogen-bond donors (Lipinski definition) is 1. The van der Waals surface area contributed by atoms with Crippen LogP contribution in [0.1, 0.15) is 41.3 Å². The first-order valence-electron chi connectivity index (χ1n) is 7.04. The van der Waals surface area contributed by atoms with E-state index in [-0.39, 0.29) is 12.5 Å². The molecular formula is C16H20ClNO3. The summed E-state index contributed by atoms with van der Waals surface area (Å²) in [6.07, 6.45) is 1.28. The van der Waals surface area contributed by atoms with Gasteiger partial charge in [-0.15, -0.1) is 0 Å². The third-order valence-corrected chi connectivity index (χ3v) is 4.63. The average molecular weight is 310 g/mol. The van der Waals surface area contributed by atoms with Gasteiger partial charge in [-0.1, -0.05) is 11.6 Å².